The van der Waals surface area contributed by atoms with E-state index in [1.807, 2.05) is 13.8 Å². The molecule has 1 aliphatic heterocycles. The van der Waals surface area contributed by atoms with Crippen LogP contribution in [0.1, 0.15) is 20.3 Å². The highest BCUT2D eigenvalue weighted by atomic mass is 32.2. The molecule has 2 rings (SSSR count). The predicted octanol–water partition coefficient (Wildman–Crippen LogP) is 1.95. The highest BCUT2D eigenvalue weighted by molar-refractivity contribution is 7.94. The highest BCUT2D eigenvalue weighted by Gasteiger charge is 2.31. The summed E-state index contributed by atoms with van der Waals surface area (Å²) < 4.78 is 23.7. The average Bonchev–Trinajstić information content (AvgIpc) is 2.19. The smallest absolute Gasteiger partial charge is 0.173 e. The molecule has 0 spiro atoms. The molecule has 0 saturated heterocycles. The number of para-hydroxylation sites is 1. The molecule has 5 N–H and O–H groups in total. The van der Waals surface area contributed by atoms with Crippen LogP contribution in [-0.4, -0.2) is 14.2 Å². The number of allylic oxidation sites excluding steroid dienone is 1. The number of nitrogen functional groups attached to an aromatic ring is 2. The van der Waals surface area contributed by atoms with Crippen LogP contribution in [0.25, 0.3) is 0 Å². The molecule has 0 saturated carbocycles. The summed E-state index contributed by atoms with van der Waals surface area (Å²) in [6, 6.07) is 5.20. The first kappa shape index (κ1) is 13.7. The van der Waals surface area contributed by atoms with E-state index in [9.17, 15) is 8.42 Å². The molecule has 1 aliphatic rings. The Morgan fingerprint density at radius 3 is 2.32 bits per heavy atom. The van der Waals surface area contributed by atoms with E-state index >= 15 is 0 Å². The van der Waals surface area contributed by atoms with E-state index in [1.165, 1.54) is 5.41 Å². The van der Waals surface area contributed by atoms with Gasteiger partial charge in [-0.25, -0.2) is 8.42 Å². The van der Waals surface area contributed by atoms with Gasteiger partial charge >= 0.3 is 0 Å². The predicted molar refractivity (Wildman–Crippen MR) is 79.2 cm³/mol. The zero-order chi connectivity index (χ0) is 14.3. The van der Waals surface area contributed by atoms with Gasteiger partial charge in [0.1, 0.15) is 0 Å². The standard InChI is InChI=1S/C13H19N3O2S/c1-13(2)6-9(7-19(17,18)8-13)16-12-10(14)4-3-5-11(12)15/h3-5,7,16H,6,8,14-15H2,1-2H3. The molecule has 6 heteroatoms. The third-order valence-electron chi connectivity index (χ3n) is 3.00. The van der Waals surface area contributed by atoms with E-state index in [1.54, 1.807) is 18.2 Å². The van der Waals surface area contributed by atoms with E-state index in [-0.39, 0.29) is 11.2 Å². The normalized spacial score (nSPS) is 20.6. The molecule has 104 valence electrons. The zero-order valence-corrected chi connectivity index (χ0v) is 11.9. The molecule has 0 bridgehead atoms. The summed E-state index contributed by atoms with van der Waals surface area (Å²) in [6.07, 6.45) is 0.639. The number of rotatable bonds is 2. The van der Waals surface area contributed by atoms with Gasteiger partial charge in [0.15, 0.2) is 9.84 Å². The maximum absolute atomic E-state index is 11.9. The van der Waals surface area contributed by atoms with E-state index in [0.717, 1.165) is 0 Å². The first-order valence-corrected chi connectivity index (χ1v) is 7.74. The summed E-state index contributed by atoms with van der Waals surface area (Å²) in [4.78, 5) is 0. The van der Waals surface area contributed by atoms with Gasteiger partial charge < -0.3 is 16.8 Å². The second-order valence-electron chi connectivity index (χ2n) is 5.73. The van der Waals surface area contributed by atoms with Crippen molar-refractivity contribution in [2.75, 3.05) is 22.5 Å². The number of benzene rings is 1. The maximum Gasteiger partial charge on any atom is 0.173 e. The van der Waals surface area contributed by atoms with Gasteiger partial charge in [-0.2, -0.15) is 0 Å². The maximum atomic E-state index is 11.9. The van der Waals surface area contributed by atoms with E-state index < -0.39 is 9.84 Å². The molecule has 0 fully saturated rings. The third-order valence-corrected chi connectivity index (χ3v) is 4.82. The quantitative estimate of drug-likeness (QED) is 0.720. The Kier molecular flexibility index (Phi) is 3.22. The van der Waals surface area contributed by atoms with Crippen LogP contribution in [0.3, 0.4) is 0 Å². The molecule has 19 heavy (non-hydrogen) atoms. The lowest BCUT2D eigenvalue weighted by Gasteiger charge is -2.30. The van der Waals surface area contributed by atoms with Crippen molar-refractivity contribution in [2.24, 2.45) is 5.41 Å². The second kappa shape index (κ2) is 4.45. The van der Waals surface area contributed by atoms with E-state index in [4.69, 9.17) is 11.5 Å². The molecule has 1 aromatic rings. The van der Waals surface area contributed by atoms with Crippen molar-refractivity contribution in [1.29, 1.82) is 0 Å². The monoisotopic (exact) mass is 281 g/mol. The van der Waals surface area contributed by atoms with Gasteiger partial charge in [0.25, 0.3) is 0 Å². The third kappa shape index (κ3) is 3.20. The molecule has 5 nitrogen and oxygen atoms in total. The van der Waals surface area contributed by atoms with Crippen LogP contribution in [0.15, 0.2) is 29.3 Å². The van der Waals surface area contributed by atoms with Gasteiger partial charge in [-0.15, -0.1) is 0 Å². The number of nitrogens with two attached hydrogens (primary N) is 2. The Morgan fingerprint density at radius 2 is 1.79 bits per heavy atom. The van der Waals surface area contributed by atoms with Crippen LogP contribution in [0.2, 0.25) is 0 Å². The van der Waals surface area contributed by atoms with Crippen molar-refractivity contribution in [1.82, 2.24) is 0 Å². The fourth-order valence-corrected chi connectivity index (χ4v) is 4.23. The molecule has 0 radical (unpaired) electrons. The fraction of sp³-hybridized carbons (Fsp3) is 0.385. The lowest BCUT2D eigenvalue weighted by atomic mass is 9.90. The number of anilines is 3. The minimum absolute atomic E-state index is 0.158. The summed E-state index contributed by atoms with van der Waals surface area (Å²) in [5.41, 5.74) is 13.6. The topological polar surface area (TPSA) is 98.2 Å². The van der Waals surface area contributed by atoms with Gasteiger partial charge in [-0.05, 0) is 24.0 Å². The molecule has 0 aromatic heterocycles. The van der Waals surface area contributed by atoms with Gasteiger partial charge in [0, 0.05) is 11.1 Å². The Balaban J connectivity index is 2.36. The molecule has 0 aliphatic carbocycles. The minimum atomic E-state index is -3.19. The second-order valence-corrected chi connectivity index (χ2v) is 7.58. The van der Waals surface area contributed by atoms with Crippen molar-refractivity contribution in [2.45, 2.75) is 20.3 Å². The Hall–Kier alpha value is -1.69. The summed E-state index contributed by atoms with van der Waals surface area (Å²) >= 11 is 0. The minimum Gasteiger partial charge on any atom is -0.397 e. The lowest BCUT2D eigenvalue weighted by molar-refractivity contribution is 0.405. The Labute approximate surface area is 113 Å². The zero-order valence-electron chi connectivity index (χ0n) is 11.1. The van der Waals surface area contributed by atoms with Crippen LogP contribution < -0.4 is 16.8 Å². The van der Waals surface area contributed by atoms with Crippen molar-refractivity contribution in [3.05, 3.63) is 29.3 Å². The van der Waals surface area contributed by atoms with Gasteiger partial charge in [0.2, 0.25) is 0 Å². The molecule has 1 heterocycles. The molecule has 0 unspecified atom stereocenters. The van der Waals surface area contributed by atoms with Crippen LogP contribution in [0.4, 0.5) is 17.1 Å². The van der Waals surface area contributed by atoms with Crippen molar-refractivity contribution in [3.63, 3.8) is 0 Å². The van der Waals surface area contributed by atoms with Crippen molar-refractivity contribution >= 4 is 26.9 Å². The van der Waals surface area contributed by atoms with Gasteiger partial charge in [-0.1, -0.05) is 19.9 Å². The number of hydrogen-bond donors (Lipinski definition) is 3. The highest BCUT2D eigenvalue weighted by Crippen LogP contribution is 2.35. The van der Waals surface area contributed by atoms with Crippen molar-refractivity contribution < 1.29 is 8.42 Å². The number of hydrogen-bond acceptors (Lipinski definition) is 5. The molecular weight excluding hydrogens is 262 g/mol. The number of sulfone groups is 1. The van der Waals surface area contributed by atoms with E-state index in [2.05, 4.69) is 5.32 Å². The molecular formula is C13H19N3O2S. The van der Waals surface area contributed by atoms with E-state index in [0.29, 0.717) is 29.2 Å². The Bertz CT molecular complexity index is 613. The first-order valence-electron chi connectivity index (χ1n) is 6.03. The van der Waals surface area contributed by atoms with Crippen LogP contribution in [0, 0.1) is 5.41 Å². The number of nitrogens with one attached hydrogen (secondary N) is 1. The first-order chi connectivity index (χ1) is 8.69. The summed E-state index contributed by atoms with van der Waals surface area (Å²) in [5, 5.41) is 4.34. The Morgan fingerprint density at radius 1 is 1.21 bits per heavy atom. The molecule has 0 atom stereocenters. The summed E-state index contributed by atoms with van der Waals surface area (Å²) in [6.45, 7) is 3.86. The molecule has 1 aromatic carbocycles. The SMILES string of the molecule is CC1(C)CC(Nc2c(N)cccc2N)=CS(=O)(=O)C1. The van der Waals surface area contributed by atoms with Crippen LogP contribution >= 0.6 is 0 Å². The fourth-order valence-electron chi connectivity index (χ4n) is 2.38. The van der Waals surface area contributed by atoms with Gasteiger partial charge in [0.05, 0.1) is 22.8 Å². The molecule has 0 amide bonds. The summed E-state index contributed by atoms with van der Waals surface area (Å²) in [7, 11) is -3.19. The van der Waals surface area contributed by atoms with Crippen molar-refractivity contribution in [3.8, 4) is 0 Å². The van der Waals surface area contributed by atoms with Crippen LogP contribution in [0.5, 0.6) is 0 Å². The van der Waals surface area contributed by atoms with Crippen LogP contribution in [-0.2, 0) is 9.84 Å². The lowest BCUT2D eigenvalue weighted by Crippen LogP contribution is -2.29. The largest absolute Gasteiger partial charge is 0.397 e. The van der Waals surface area contributed by atoms with Gasteiger partial charge in [-0.3, -0.25) is 0 Å². The summed E-state index contributed by atoms with van der Waals surface area (Å²) in [5.74, 6) is 0.158. The average molecular weight is 281 g/mol.